The number of carboxylic acids is 1. The number of carboxylic acid groups (broad SMARTS) is 1. The second-order valence-corrected chi connectivity index (χ2v) is 4.08. The van der Waals surface area contributed by atoms with Crippen LogP contribution in [0.5, 0.6) is 5.75 Å². The summed E-state index contributed by atoms with van der Waals surface area (Å²) in [5, 5.41) is 20.8. The summed E-state index contributed by atoms with van der Waals surface area (Å²) in [7, 11) is 1.46. The van der Waals surface area contributed by atoms with Gasteiger partial charge in [-0.05, 0) is 18.2 Å². The number of methoxy groups -OCH3 is 1. The van der Waals surface area contributed by atoms with Crippen molar-refractivity contribution in [2.45, 2.75) is 0 Å². The van der Waals surface area contributed by atoms with Crippen molar-refractivity contribution in [1.29, 1.82) is 5.26 Å². The normalized spacial score (nSPS) is 9.71. The molecule has 106 valence electrons. The lowest BCUT2D eigenvalue weighted by Crippen LogP contribution is -2.07. The minimum Gasteiger partial charge on any atom is -0.495 e. The molecule has 0 aliphatic heterocycles. The van der Waals surface area contributed by atoms with Crippen LogP contribution in [0.25, 0.3) is 0 Å². The molecule has 4 N–H and O–H groups in total. The smallest absolute Gasteiger partial charge is 0.337 e. The Morgan fingerprint density at radius 1 is 1.48 bits per heavy atom. The number of carbonyl (C=O) groups is 1. The Morgan fingerprint density at radius 2 is 2.24 bits per heavy atom. The van der Waals surface area contributed by atoms with Crippen molar-refractivity contribution in [1.82, 2.24) is 4.98 Å². The Labute approximate surface area is 120 Å². The van der Waals surface area contributed by atoms with E-state index in [1.165, 1.54) is 19.4 Å². The summed E-state index contributed by atoms with van der Waals surface area (Å²) in [6.45, 7) is 0. The molecule has 7 nitrogen and oxygen atoms in total. The summed E-state index contributed by atoms with van der Waals surface area (Å²) < 4.78 is 5.18. The maximum Gasteiger partial charge on any atom is 0.337 e. The van der Waals surface area contributed by atoms with E-state index in [9.17, 15) is 4.79 Å². The summed E-state index contributed by atoms with van der Waals surface area (Å²) in [4.78, 5) is 15.1. The van der Waals surface area contributed by atoms with Crippen molar-refractivity contribution in [2.75, 3.05) is 18.2 Å². The molecule has 7 heteroatoms. The first-order chi connectivity index (χ1) is 10.1. The van der Waals surface area contributed by atoms with Gasteiger partial charge in [0.2, 0.25) is 0 Å². The van der Waals surface area contributed by atoms with Gasteiger partial charge in [0.05, 0.1) is 35.7 Å². The number of nitrogens with zero attached hydrogens (tertiary/aromatic N) is 2. The molecule has 0 saturated carbocycles. The van der Waals surface area contributed by atoms with Gasteiger partial charge in [0, 0.05) is 12.3 Å². The molecule has 0 aliphatic rings. The highest BCUT2D eigenvalue weighted by molar-refractivity contribution is 5.96. The lowest BCUT2D eigenvalue weighted by Gasteiger charge is -2.13. The van der Waals surface area contributed by atoms with E-state index in [-0.39, 0.29) is 17.1 Å². The zero-order valence-corrected chi connectivity index (χ0v) is 11.1. The maximum absolute atomic E-state index is 11.0. The fraction of sp³-hybridized carbons (Fsp3) is 0.0714. The Kier molecular flexibility index (Phi) is 3.90. The minimum atomic E-state index is -1.13. The van der Waals surface area contributed by atoms with E-state index >= 15 is 0 Å². The van der Waals surface area contributed by atoms with E-state index in [1.54, 1.807) is 18.2 Å². The highest BCUT2D eigenvalue weighted by Crippen LogP contribution is 2.30. The van der Waals surface area contributed by atoms with Gasteiger partial charge >= 0.3 is 5.97 Å². The molecule has 0 fully saturated rings. The van der Waals surface area contributed by atoms with Crippen LogP contribution in [-0.4, -0.2) is 23.2 Å². The molecule has 1 heterocycles. The average molecular weight is 284 g/mol. The molecule has 0 amide bonds. The van der Waals surface area contributed by atoms with E-state index in [0.717, 1.165) is 0 Å². The molecule has 0 atom stereocenters. The molecule has 1 aromatic heterocycles. The SMILES string of the molecule is COc1cc(C#N)ccc1Nc1nccc(C(=O)O)c1N. The van der Waals surface area contributed by atoms with Crippen LogP contribution < -0.4 is 15.8 Å². The third-order valence-electron chi connectivity index (χ3n) is 2.80. The van der Waals surface area contributed by atoms with Crippen LogP contribution in [0, 0.1) is 11.3 Å². The zero-order chi connectivity index (χ0) is 15.4. The number of hydrogen-bond donors (Lipinski definition) is 3. The van der Waals surface area contributed by atoms with Gasteiger partial charge in [-0.25, -0.2) is 9.78 Å². The summed E-state index contributed by atoms with van der Waals surface area (Å²) >= 11 is 0. The van der Waals surface area contributed by atoms with Gasteiger partial charge in [-0.3, -0.25) is 0 Å². The number of hydrogen-bond acceptors (Lipinski definition) is 6. The Balaban J connectivity index is 2.41. The predicted molar refractivity (Wildman–Crippen MR) is 76.6 cm³/mol. The predicted octanol–water partition coefficient (Wildman–Crippen LogP) is 1.99. The first-order valence-corrected chi connectivity index (χ1v) is 5.89. The summed E-state index contributed by atoms with van der Waals surface area (Å²) in [5.41, 5.74) is 6.73. The van der Waals surface area contributed by atoms with E-state index < -0.39 is 5.97 Å². The fourth-order valence-electron chi connectivity index (χ4n) is 1.75. The molecule has 21 heavy (non-hydrogen) atoms. The van der Waals surface area contributed by atoms with Crippen LogP contribution in [0.3, 0.4) is 0 Å². The van der Waals surface area contributed by atoms with Crippen LogP contribution in [0.1, 0.15) is 15.9 Å². The topological polar surface area (TPSA) is 121 Å². The monoisotopic (exact) mass is 284 g/mol. The Hall–Kier alpha value is -3.27. The standard InChI is InChI=1S/C14H12N4O3/c1-21-11-6-8(7-15)2-3-10(11)18-13-12(16)9(14(19)20)4-5-17-13/h2-6H,16H2,1H3,(H,17,18)(H,19,20). The molecule has 0 spiro atoms. The van der Waals surface area contributed by atoms with Crippen molar-refractivity contribution in [3.63, 3.8) is 0 Å². The first-order valence-electron chi connectivity index (χ1n) is 5.89. The zero-order valence-electron chi connectivity index (χ0n) is 11.1. The van der Waals surface area contributed by atoms with Gasteiger partial charge < -0.3 is 20.9 Å². The van der Waals surface area contributed by atoms with Crippen LogP contribution in [0.15, 0.2) is 30.5 Å². The van der Waals surface area contributed by atoms with Crippen molar-refractivity contribution in [3.05, 3.63) is 41.6 Å². The van der Waals surface area contributed by atoms with Crippen LogP contribution >= 0.6 is 0 Å². The van der Waals surface area contributed by atoms with E-state index in [4.69, 9.17) is 20.8 Å². The first kappa shape index (κ1) is 14.1. The van der Waals surface area contributed by atoms with E-state index in [1.807, 2.05) is 6.07 Å². The van der Waals surface area contributed by atoms with Gasteiger partial charge in [-0.15, -0.1) is 0 Å². The van der Waals surface area contributed by atoms with Crippen molar-refractivity contribution in [2.24, 2.45) is 0 Å². The largest absolute Gasteiger partial charge is 0.495 e. The molecular formula is C14H12N4O3. The Morgan fingerprint density at radius 3 is 2.86 bits per heavy atom. The number of benzene rings is 1. The van der Waals surface area contributed by atoms with Gasteiger partial charge in [0.25, 0.3) is 0 Å². The maximum atomic E-state index is 11.0. The molecule has 0 bridgehead atoms. The number of nitrogen functional groups attached to an aromatic ring is 1. The van der Waals surface area contributed by atoms with Gasteiger partial charge in [0.1, 0.15) is 5.75 Å². The van der Waals surface area contributed by atoms with Crippen molar-refractivity contribution < 1.29 is 14.6 Å². The van der Waals surface area contributed by atoms with Crippen molar-refractivity contribution in [3.8, 4) is 11.8 Å². The van der Waals surface area contributed by atoms with Crippen molar-refractivity contribution >= 4 is 23.2 Å². The second-order valence-electron chi connectivity index (χ2n) is 4.08. The van der Waals surface area contributed by atoms with Crippen LogP contribution in [-0.2, 0) is 0 Å². The molecule has 0 saturated heterocycles. The summed E-state index contributed by atoms with van der Waals surface area (Å²) in [6.07, 6.45) is 1.35. The van der Waals surface area contributed by atoms with Gasteiger partial charge in [0.15, 0.2) is 5.82 Å². The highest BCUT2D eigenvalue weighted by atomic mass is 16.5. The number of rotatable bonds is 4. The van der Waals surface area contributed by atoms with Gasteiger partial charge in [-0.2, -0.15) is 5.26 Å². The number of nitriles is 1. The molecule has 2 rings (SSSR count). The van der Waals surface area contributed by atoms with Gasteiger partial charge in [-0.1, -0.05) is 0 Å². The third-order valence-corrected chi connectivity index (χ3v) is 2.80. The van der Waals surface area contributed by atoms with Crippen LogP contribution in [0.4, 0.5) is 17.2 Å². The lowest BCUT2D eigenvalue weighted by atomic mass is 10.2. The molecule has 2 aromatic rings. The Bertz CT molecular complexity index is 737. The second kappa shape index (κ2) is 5.79. The minimum absolute atomic E-state index is 0.0245. The number of anilines is 3. The number of pyridine rings is 1. The lowest BCUT2D eigenvalue weighted by molar-refractivity contribution is 0.0698. The number of nitrogens with one attached hydrogen (secondary N) is 1. The summed E-state index contributed by atoms with van der Waals surface area (Å²) in [6, 6.07) is 8.11. The van der Waals surface area contributed by atoms with Crippen LogP contribution in [0.2, 0.25) is 0 Å². The fourth-order valence-corrected chi connectivity index (χ4v) is 1.75. The molecular weight excluding hydrogens is 272 g/mol. The van der Waals surface area contributed by atoms with E-state index in [2.05, 4.69) is 10.3 Å². The average Bonchev–Trinajstić information content (AvgIpc) is 2.49. The number of nitrogens with two attached hydrogens (primary N) is 1. The molecule has 0 unspecified atom stereocenters. The third kappa shape index (κ3) is 2.84. The number of aromatic carboxylic acids is 1. The number of ether oxygens (including phenoxy) is 1. The summed E-state index contributed by atoms with van der Waals surface area (Å²) in [5.74, 6) is -0.501. The molecule has 0 aliphatic carbocycles. The van der Waals surface area contributed by atoms with E-state index in [0.29, 0.717) is 17.0 Å². The molecule has 0 radical (unpaired) electrons. The number of aromatic nitrogens is 1. The highest BCUT2D eigenvalue weighted by Gasteiger charge is 2.14. The molecule has 1 aromatic carbocycles. The quantitative estimate of drug-likeness (QED) is 0.784.